The molecular formula is C20H26N2O2. The number of hydrogen-bond acceptors (Lipinski definition) is 3. The van der Waals surface area contributed by atoms with Gasteiger partial charge in [0.25, 0.3) is 0 Å². The molecule has 0 heterocycles. The molecule has 24 heavy (non-hydrogen) atoms. The molecule has 0 aliphatic carbocycles. The van der Waals surface area contributed by atoms with E-state index in [9.17, 15) is 4.79 Å². The molecule has 1 atom stereocenters. The number of nitrogens with one attached hydrogen (secondary N) is 2. The van der Waals surface area contributed by atoms with Crippen LogP contribution in [0.3, 0.4) is 0 Å². The van der Waals surface area contributed by atoms with Crippen LogP contribution >= 0.6 is 0 Å². The number of anilines is 1. The topological polar surface area (TPSA) is 50.4 Å². The van der Waals surface area contributed by atoms with Crippen molar-refractivity contribution in [3.8, 4) is 5.75 Å². The fourth-order valence-electron chi connectivity index (χ4n) is 2.38. The third-order valence-corrected chi connectivity index (χ3v) is 3.58. The predicted molar refractivity (Wildman–Crippen MR) is 98.3 cm³/mol. The van der Waals surface area contributed by atoms with E-state index in [1.165, 1.54) is 0 Å². The van der Waals surface area contributed by atoms with Crippen molar-refractivity contribution in [1.82, 2.24) is 5.32 Å². The quantitative estimate of drug-likeness (QED) is 0.766. The van der Waals surface area contributed by atoms with Crippen molar-refractivity contribution in [1.29, 1.82) is 0 Å². The Bertz CT molecular complexity index is 624. The predicted octanol–water partition coefficient (Wildman–Crippen LogP) is 4.15. The highest BCUT2D eigenvalue weighted by molar-refractivity contribution is 5.77. The Kier molecular flexibility index (Phi) is 6.67. The molecular weight excluding hydrogens is 300 g/mol. The van der Waals surface area contributed by atoms with Crippen molar-refractivity contribution >= 4 is 11.6 Å². The van der Waals surface area contributed by atoms with Crippen LogP contribution in [0.4, 0.5) is 5.69 Å². The number of carbonyl (C=O) groups is 1. The summed E-state index contributed by atoms with van der Waals surface area (Å²) in [6.07, 6.45) is 0.598. The molecule has 1 amide bonds. The van der Waals surface area contributed by atoms with Gasteiger partial charge in [0.05, 0.1) is 12.1 Å². The monoisotopic (exact) mass is 326 g/mol. The first kappa shape index (κ1) is 17.9. The second-order valence-corrected chi connectivity index (χ2v) is 6.07. The molecule has 0 spiro atoms. The fraction of sp³-hybridized carbons (Fsp3) is 0.350. The summed E-state index contributed by atoms with van der Waals surface area (Å²) in [5.74, 6) is 0.892. The molecule has 1 unspecified atom stereocenters. The third-order valence-electron chi connectivity index (χ3n) is 3.58. The SMILES string of the molecule is CC(C)Oc1ccc(NCCC(=O)NC(C)c2ccccc2)cc1. The molecule has 0 fully saturated rings. The van der Waals surface area contributed by atoms with Crippen molar-refractivity contribution in [3.63, 3.8) is 0 Å². The van der Waals surface area contributed by atoms with Gasteiger partial charge in [-0.1, -0.05) is 30.3 Å². The van der Waals surface area contributed by atoms with Gasteiger partial charge in [-0.3, -0.25) is 4.79 Å². The fourth-order valence-corrected chi connectivity index (χ4v) is 2.38. The number of carbonyl (C=O) groups excluding carboxylic acids is 1. The van der Waals surface area contributed by atoms with Crippen molar-refractivity contribution in [3.05, 3.63) is 60.2 Å². The zero-order valence-corrected chi connectivity index (χ0v) is 14.6. The second-order valence-electron chi connectivity index (χ2n) is 6.07. The van der Waals surface area contributed by atoms with E-state index in [0.717, 1.165) is 17.0 Å². The Labute approximate surface area is 144 Å². The van der Waals surface area contributed by atoms with Gasteiger partial charge in [-0.15, -0.1) is 0 Å². The van der Waals surface area contributed by atoms with Crippen LogP contribution in [0.25, 0.3) is 0 Å². The Morgan fingerprint density at radius 3 is 2.29 bits per heavy atom. The number of rotatable bonds is 8. The minimum atomic E-state index is 0.0196. The molecule has 4 nitrogen and oxygen atoms in total. The maximum Gasteiger partial charge on any atom is 0.222 e. The highest BCUT2D eigenvalue weighted by atomic mass is 16.5. The van der Waals surface area contributed by atoms with Crippen LogP contribution in [0, 0.1) is 0 Å². The van der Waals surface area contributed by atoms with E-state index in [4.69, 9.17) is 4.74 Å². The van der Waals surface area contributed by atoms with Crippen molar-refractivity contribution in [2.75, 3.05) is 11.9 Å². The van der Waals surface area contributed by atoms with E-state index in [1.54, 1.807) is 0 Å². The molecule has 0 saturated carbocycles. The molecule has 0 aromatic heterocycles. The van der Waals surface area contributed by atoms with Gasteiger partial charge >= 0.3 is 0 Å². The number of hydrogen-bond donors (Lipinski definition) is 2. The smallest absolute Gasteiger partial charge is 0.222 e. The Morgan fingerprint density at radius 1 is 1.00 bits per heavy atom. The summed E-state index contributed by atoms with van der Waals surface area (Å²) in [6, 6.07) is 17.8. The largest absolute Gasteiger partial charge is 0.491 e. The lowest BCUT2D eigenvalue weighted by molar-refractivity contribution is -0.121. The Morgan fingerprint density at radius 2 is 1.67 bits per heavy atom. The lowest BCUT2D eigenvalue weighted by Gasteiger charge is -2.15. The van der Waals surface area contributed by atoms with Gasteiger partial charge in [0.2, 0.25) is 5.91 Å². The number of amides is 1. The summed E-state index contributed by atoms with van der Waals surface area (Å²) in [5.41, 5.74) is 2.09. The molecule has 2 aromatic carbocycles. The van der Waals surface area contributed by atoms with E-state index in [1.807, 2.05) is 75.4 Å². The molecule has 2 N–H and O–H groups in total. The van der Waals surface area contributed by atoms with Crippen LogP contribution in [0.5, 0.6) is 5.75 Å². The molecule has 0 saturated heterocycles. The average molecular weight is 326 g/mol. The molecule has 2 rings (SSSR count). The second kappa shape index (κ2) is 8.96. The molecule has 0 bridgehead atoms. The zero-order chi connectivity index (χ0) is 17.4. The van der Waals surface area contributed by atoms with Gasteiger partial charge in [-0.2, -0.15) is 0 Å². The normalized spacial score (nSPS) is 11.8. The van der Waals surface area contributed by atoms with E-state index in [-0.39, 0.29) is 18.1 Å². The molecule has 0 aliphatic rings. The highest BCUT2D eigenvalue weighted by Gasteiger charge is 2.08. The standard InChI is InChI=1S/C20H26N2O2/c1-15(2)24-19-11-9-18(10-12-19)21-14-13-20(23)22-16(3)17-7-5-4-6-8-17/h4-12,15-16,21H,13-14H2,1-3H3,(H,22,23). The lowest BCUT2D eigenvalue weighted by atomic mass is 10.1. The minimum Gasteiger partial charge on any atom is -0.491 e. The summed E-state index contributed by atoms with van der Waals surface area (Å²) < 4.78 is 5.61. The van der Waals surface area contributed by atoms with Crippen LogP contribution in [0.15, 0.2) is 54.6 Å². The molecule has 2 aromatic rings. The summed E-state index contributed by atoms with van der Waals surface area (Å²) in [6.45, 7) is 6.59. The van der Waals surface area contributed by atoms with Crippen LogP contribution in [-0.2, 0) is 4.79 Å². The maximum absolute atomic E-state index is 12.0. The van der Waals surface area contributed by atoms with E-state index >= 15 is 0 Å². The zero-order valence-electron chi connectivity index (χ0n) is 14.6. The molecule has 0 aliphatic heterocycles. The first-order valence-electron chi connectivity index (χ1n) is 8.39. The first-order chi connectivity index (χ1) is 11.5. The summed E-state index contributed by atoms with van der Waals surface area (Å²) in [7, 11) is 0. The molecule has 4 heteroatoms. The van der Waals surface area contributed by atoms with Crippen LogP contribution in [0.1, 0.15) is 38.8 Å². The number of ether oxygens (including phenoxy) is 1. The van der Waals surface area contributed by atoms with Gasteiger partial charge in [0.15, 0.2) is 0 Å². The van der Waals surface area contributed by atoms with Gasteiger partial charge in [-0.25, -0.2) is 0 Å². The molecule has 128 valence electrons. The highest BCUT2D eigenvalue weighted by Crippen LogP contribution is 2.17. The van der Waals surface area contributed by atoms with E-state index in [2.05, 4.69) is 10.6 Å². The first-order valence-corrected chi connectivity index (χ1v) is 8.39. The summed E-state index contributed by atoms with van der Waals surface area (Å²) >= 11 is 0. The van der Waals surface area contributed by atoms with Gasteiger partial charge in [-0.05, 0) is 50.6 Å². The maximum atomic E-state index is 12.0. The van der Waals surface area contributed by atoms with Crippen molar-refractivity contribution < 1.29 is 9.53 Å². The van der Waals surface area contributed by atoms with Gasteiger partial charge in [0, 0.05) is 18.7 Å². The van der Waals surface area contributed by atoms with Crippen molar-refractivity contribution in [2.24, 2.45) is 0 Å². The third kappa shape index (κ3) is 5.95. The van der Waals surface area contributed by atoms with Crippen LogP contribution in [-0.4, -0.2) is 18.6 Å². The van der Waals surface area contributed by atoms with Gasteiger partial charge < -0.3 is 15.4 Å². The van der Waals surface area contributed by atoms with E-state index in [0.29, 0.717) is 13.0 Å². The number of benzene rings is 2. The lowest BCUT2D eigenvalue weighted by Crippen LogP contribution is -2.28. The van der Waals surface area contributed by atoms with E-state index < -0.39 is 0 Å². The van der Waals surface area contributed by atoms with Gasteiger partial charge in [0.1, 0.15) is 5.75 Å². The summed E-state index contributed by atoms with van der Waals surface area (Å²) in [5, 5.41) is 6.27. The minimum absolute atomic E-state index is 0.0196. The summed E-state index contributed by atoms with van der Waals surface area (Å²) in [4.78, 5) is 12.0. The van der Waals surface area contributed by atoms with Crippen LogP contribution < -0.4 is 15.4 Å². The Balaban J connectivity index is 1.72. The average Bonchev–Trinajstić information content (AvgIpc) is 2.57. The Hall–Kier alpha value is -2.49. The van der Waals surface area contributed by atoms with Crippen LogP contribution in [0.2, 0.25) is 0 Å². The van der Waals surface area contributed by atoms with Crippen molar-refractivity contribution in [2.45, 2.75) is 39.3 Å². The molecule has 0 radical (unpaired) electrons.